The SMILES string of the molecule is CO[C@H]1[C@H](O)[C@@H](O[C@@H]2CC[C@]3(C=O)[C@@H](CC[C@@H]4[C@@H]3CC[C@]3(C)[C@H](c5ccc(=O)oc5)CC[C@@]43O)C2)O[C@@H](C)[C@H]1O. The Morgan fingerprint density at radius 3 is 2.52 bits per heavy atom. The molecule has 1 aromatic heterocycles. The molecule has 6 rings (SSSR count). The van der Waals surface area contributed by atoms with Crippen LogP contribution in [0.5, 0.6) is 0 Å². The third-order valence-electron chi connectivity index (χ3n) is 12.1. The smallest absolute Gasteiger partial charge is 0.335 e. The van der Waals surface area contributed by atoms with E-state index in [1.807, 2.05) is 6.07 Å². The van der Waals surface area contributed by atoms with Crippen molar-refractivity contribution in [2.24, 2.45) is 28.6 Å². The van der Waals surface area contributed by atoms with Crippen molar-refractivity contribution < 1.29 is 38.7 Å². The maximum Gasteiger partial charge on any atom is 0.335 e. The number of fused-ring (bicyclic) bond motifs is 5. The highest BCUT2D eigenvalue weighted by Gasteiger charge is 2.68. The number of aldehydes is 1. The fraction of sp³-hybridized carbons (Fsp3) is 0.806. The second kappa shape index (κ2) is 10.3. The minimum absolute atomic E-state index is 0.0409. The fourth-order valence-electron chi connectivity index (χ4n) is 9.91. The first kappa shape index (κ1) is 28.5. The number of aliphatic hydroxyl groups excluding tert-OH is 2. The Morgan fingerprint density at radius 1 is 1.02 bits per heavy atom. The monoisotopic (exact) mass is 560 g/mol. The highest BCUT2D eigenvalue weighted by Crippen LogP contribution is 2.70. The summed E-state index contributed by atoms with van der Waals surface area (Å²) in [6.07, 6.45) is 5.26. The van der Waals surface area contributed by atoms with E-state index in [0.717, 1.165) is 37.7 Å². The van der Waals surface area contributed by atoms with Gasteiger partial charge in [-0.2, -0.15) is 0 Å². The average Bonchev–Trinajstić information content (AvgIpc) is 3.23. The topological polar surface area (TPSA) is 136 Å². The second-order valence-electron chi connectivity index (χ2n) is 13.5. The van der Waals surface area contributed by atoms with Gasteiger partial charge in [0.2, 0.25) is 0 Å². The Balaban J connectivity index is 1.19. The first-order chi connectivity index (χ1) is 19.1. The molecule has 1 aromatic rings. The number of carbonyl (C=O) groups excluding carboxylic acids is 1. The Morgan fingerprint density at radius 2 is 1.82 bits per heavy atom. The largest absolute Gasteiger partial charge is 0.431 e. The summed E-state index contributed by atoms with van der Waals surface area (Å²) in [5.41, 5.74) is -1.12. The van der Waals surface area contributed by atoms with E-state index >= 15 is 0 Å². The van der Waals surface area contributed by atoms with Gasteiger partial charge in [-0.1, -0.05) is 6.92 Å². The highest BCUT2D eigenvalue weighted by molar-refractivity contribution is 5.62. The van der Waals surface area contributed by atoms with Crippen LogP contribution in [-0.2, 0) is 19.0 Å². The van der Waals surface area contributed by atoms with Crippen LogP contribution in [0, 0.1) is 28.6 Å². The normalized spacial score (nSPS) is 50.5. The third kappa shape index (κ3) is 4.10. The van der Waals surface area contributed by atoms with Crippen LogP contribution in [-0.4, -0.2) is 71.1 Å². The molecule has 3 N–H and O–H groups in total. The number of methoxy groups -OCH3 is 1. The van der Waals surface area contributed by atoms with Crippen LogP contribution < -0.4 is 5.63 Å². The molecule has 0 aromatic carbocycles. The summed E-state index contributed by atoms with van der Waals surface area (Å²) in [5, 5.41) is 33.5. The number of ether oxygens (including phenoxy) is 3. The van der Waals surface area contributed by atoms with Crippen LogP contribution in [0.2, 0.25) is 0 Å². The number of hydrogen-bond acceptors (Lipinski definition) is 9. The van der Waals surface area contributed by atoms with E-state index in [2.05, 4.69) is 6.92 Å². The predicted molar refractivity (Wildman–Crippen MR) is 143 cm³/mol. The molecule has 0 amide bonds. The summed E-state index contributed by atoms with van der Waals surface area (Å²) >= 11 is 0. The molecular formula is C31H44O9. The lowest BCUT2D eigenvalue weighted by Gasteiger charge is -2.63. The van der Waals surface area contributed by atoms with E-state index in [-0.39, 0.29) is 40.8 Å². The van der Waals surface area contributed by atoms with Gasteiger partial charge in [-0.25, -0.2) is 4.79 Å². The van der Waals surface area contributed by atoms with E-state index < -0.39 is 41.7 Å². The van der Waals surface area contributed by atoms with Crippen molar-refractivity contribution >= 4 is 6.29 Å². The van der Waals surface area contributed by atoms with Crippen molar-refractivity contribution in [3.63, 3.8) is 0 Å². The Hall–Kier alpha value is -1.62. The van der Waals surface area contributed by atoms with Crippen molar-refractivity contribution in [1.29, 1.82) is 0 Å². The molecule has 5 aliphatic rings. The van der Waals surface area contributed by atoms with Gasteiger partial charge < -0.3 is 38.7 Å². The number of hydrogen-bond donors (Lipinski definition) is 3. The van der Waals surface area contributed by atoms with Crippen LogP contribution in [0.25, 0.3) is 0 Å². The number of carbonyl (C=O) groups is 1. The predicted octanol–water partition coefficient (Wildman–Crippen LogP) is 2.93. The molecule has 13 atom stereocenters. The van der Waals surface area contributed by atoms with Gasteiger partial charge in [0.05, 0.1) is 24.1 Å². The Kier molecular flexibility index (Phi) is 7.32. The van der Waals surface area contributed by atoms with Gasteiger partial charge in [-0.15, -0.1) is 0 Å². The molecule has 0 unspecified atom stereocenters. The third-order valence-corrected chi connectivity index (χ3v) is 12.1. The summed E-state index contributed by atoms with van der Waals surface area (Å²) in [6.45, 7) is 3.93. The zero-order valence-electron chi connectivity index (χ0n) is 23.7. The van der Waals surface area contributed by atoms with Gasteiger partial charge in [0.25, 0.3) is 0 Å². The average molecular weight is 561 g/mol. The van der Waals surface area contributed by atoms with Crippen molar-refractivity contribution in [1.82, 2.24) is 0 Å². The Labute approximate surface area is 235 Å². The van der Waals surface area contributed by atoms with E-state index in [4.69, 9.17) is 18.6 Å². The molecule has 9 heteroatoms. The van der Waals surface area contributed by atoms with Gasteiger partial charge in [0.15, 0.2) is 6.29 Å². The van der Waals surface area contributed by atoms with Crippen molar-refractivity contribution in [3.8, 4) is 0 Å². The van der Waals surface area contributed by atoms with Gasteiger partial charge in [-0.05, 0) is 100 Å². The zero-order valence-corrected chi connectivity index (χ0v) is 23.7. The molecule has 5 fully saturated rings. The molecule has 4 saturated carbocycles. The summed E-state index contributed by atoms with van der Waals surface area (Å²) < 4.78 is 22.6. The van der Waals surface area contributed by atoms with E-state index in [1.165, 1.54) is 19.5 Å². The maximum absolute atomic E-state index is 13.0. The van der Waals surface area contributed by atoms with Crippen LogP contribution in [0.4, 0.5) is 0 Å². The molecule has 40 heavy (non-hydrogen) atoms. The molecule has 2 heterocycles. The van der Waals surface area contributed by atoms with Crippen molar-refractivity contribution in [2.75, 3.05) is 7.11 Å². The van der Waals surface area contributed by atoms with Crippen LogP contribution >= 0.6 is 0 Å². The first-order valence-electron chi connectivity index (χ1n) is 15.1. The van der Waals surface area contributed by atoms with Crippen molar-refractivity contribution in [3.05, 3.63) is 34.4 Å². The molecule has 9 nitrogen and oxygen atoms in total. The second-order valence-corrected chi connectivity index (χ2v) is 13.5. The number of rotatable bonds is 5. The van der Waals surface area contributed by atoms with Gasteiger partial charge in [-0.3, -0.25) is 0 Å². The molecule has 1 saturated heterocycles. The minimum atomic E-state index is -1.11. The Bertz CT molecular complexity index is 1130. The summed E-state index contributed by atoms with van der Waals surface area (Å²) in [5.74, 6) is 0.398. The highest BCUT2D eigenvalue weighted by atomic mass is 16.7. The molecule has 0 spiro atoms. The number of aliphatic hydroxyl groups is 3. The minimum Gasteiger partial charge on any atom is -0.431 e. The van der Waals surface area contributed by atoms with E-state index in [0.29, 0.717) is 25.7 Å². The van der Waals surface area contributed by atoms with Crippen molar-refractivity contribution in [2.45, 2.75) is 120 Å². The fourth-order valence-corrected chi connectivity index (χ4v) is 9.91. The van der Waals surface area contributed by atoms with Gasteiger partial charge in [0.1, 0.15) is 24.6 Å². The summed E-state index contributed by atoms with van der Waals surface area (Å²) in [6, 6.07) is 3.30. The maximum atomic E-state index is 13.0. The lowest BCUT2D eigenvalue weighted by Crippen LogP contribution is -2.63. The standard InChI is InChI=1S/C31H44O9/c1-17-25(34)27(37-3)26(35)28(39-17)40-20-8-12-30(16-32)19(14-20)5-6-23-22(30)9-11-29(2)21(10-13-31(23,29)36)18-4-7-24(33)38-15-18/h4,7,15-17,19-23,25-28,34-36H,5-6,8-14H2,1-3H3/t17-,19-,20+,21-,22-,23+,25+,26-,27+,28+,29+,30-,31+/m0/s1. The lowest BCUT2D eigenvalue weighted by molar-refractivity contribution is -0.312. The molecule has 0 bridgehead atoms. The van der Waals surface area contributed by atoms with Gasteiger partial charge >= 0.3 is 5.63 Å². The van der Waals surface area contributed by atoms with E-state index in [9.17, 15) is 24.9 Å². The van der Waals surface area contributed by atoms with Crippen LogP contribution in [0.15, 0.2) is 27.6 Å². The molecule has 4 aliphatic carbocycles. The first-order valence-corrected chi connectivity index (χ1v) is 15.1. The molecular weight excluding hydrogens is 516 g/mol. The zero-order chi connectivity index (χ0) is 28.4. The molecule has 0 radical (unpaired) electrons. The van der Waals surface area contributed by atoms with E-state index in [1.54, 1.807) is 13.2 Å². The van der Waals surface area contributed by atoms with Crippen LogP contribution in [0.1, 0.15) is 83.1 Å². The van der Waals surface area contributed by atoms with Crippen LogP contribution in [0.3, 0.4) is 0 Å². The quantitative estimate of drug-likeness (QED) is 0.367. The summed E-state index contributed by atoms with van der Waals surface area (Å²) in [4.78, 5) is 24.6. The molecule has 1 aliphatic heterocycles. The molecule has 222 valence electrons. The lowest BCUT2D eigenvalue weighted by atomic mass is 9.43. The van der Waals surface area contributed by atoms with Gasteiger partial charge in [0, 0.05) is 24.0 Å². The summed E-state index contributed by atoms with van der Waals surface area (Å²) in [7, 11) is 1.46.